The van der Waals surface area contributed by atoms with Gasteiger partial charge in [-0.05, 0) is 61.4 Å². The number of aromatic nitrogens is 1. The second-order valence-electron chi connectivity index (χ2n) is 9.34. The molecule has 6 rings (SSSR count). The predicted molar refractivity (Wildman–Crippen MR) is 141 cm³/mol. The van der Waals surface area contributed by atoms with E-state index in [1.165, 1.54) is 0 Å². The number of hydrogen-bond donors (Lipinski definition) is 0. The van der Waals surface area contributed by atoms with E-state index in [1.807, 2.05) is 24.3 Å². The van der Waals surface area contributed by atoms with Crippen molar-refractivity contribution in [1.82, 2.24) is 9.88 Å². The molecule has 1 fully saturated rings. The number of fused-ring (bicyclic) bond motifs is 2. The lowest BCUT2D eigenvalue weighted by Gasteiger charge is -2.27. The minimum Gasteiger partial charge on any atom is -0.496 e. The maximum absolute atomic E-state index is 13.9. The van der Waals surface area contributed by atoms with Crippen molar-refractivity contribution in [2.24, 2.45) is 0 Å². The molecule has 2 aliphatic heterocycles. The largest absolute Gasteiger partial charge is 0.496 e. The third-order valence-electron chi connectivity index (χ3n) is 7.00. The molecule has 2 aromatic heterocycles. The number of furan rings is 1. The number of amides is 1. The summed E-state index contributed by atoms with van der Waals surface area (Å²) < 4.78 is 27.9. The van der Waals surface area contributed by atoms with E-state index < -0.39 is 0 Å². The Labute approximate surface area is 220 Å². The van der Waals surface area contributed by atoms with Crippen LogP contribution in [-0.2, 0) is 13.1 Å². The fraction of sp³-hybridized carbons (Fsp3) is 0.310. The Morgan fingerprint density at radius 3 is 2.53 bits per heavy atom. The van der Waals surface area contributed by atoms with Crippen LogP contribution in [0.4, 0.5) is 5.82 Å². The maximum Gasteiger partial charge on any atom is 0.254 e. The molecule has 0 bridgehead atoms. The van der Waals surface area contributed by atoms with E-state index in [2.05, 4.69) is 11.0 Å². The van der Waals surface area contributed by atoms with Crippen molar-refractivity contribution >= 4 is 22.6 Å². The van der Waals surface area contributed by atoms with Gasteiger partial charge in [-0.1, -0.05) is 0 Å². The molecule has 0 radical (unpaired) electrons. The van der Waals surface area contributed by atoms with Gasteiger partial charge in [0, 0.05) is 29.6 Å². The maximum atomic E-state index is 13.9. The second kappa shape index (κ2) is 10.2. The van der Waals surface area contributed by atoms with Crippen molar-refractivity contribution in [3.63, 3.8) is 0 Å². The van der Waals surface area contributed by atoms with Gasteiger partial charge < -0.3 is 33.2 Å². The van der Waals surface area contributed by atoms with Gasteiger partial charge in [0.15, 0.2) is 11.5 Å². The van der Waals surface area contributed by atoms with Gasteiger partial charge in [0.05, 0.1) is 33.6 Å². The number of benzene rings is 2. The van der Waals surface area contributed by atoms with Gasteiger partial charge in [-0.15, -0.1) is 0 Å². The van der Waals surface area contributed by atoms with E-state index in [0.717, 1.165) is 48.2 Å². The van der Waals surface area contributed by atoms with Crippen LogP contribution in [0.5, 0.6) is 23.0 Å². The van der Waals surface area contributed by atoms with E-state index in [9.17, 15) is 4.79 Å². The van der Waals surface area contributed by atoms with E-state index in [0.29, 0.717) is 47.4 Å². The van der Waals surface area contributed by atoms with Crippen molar-refractivity contribution in [3.05, 3.63) is 71.7 Å². The third kappa shape index (κ3) is 4.44. The molecule has 4 aromatic rings. The number of ether oxygens (including phenoxy) is 4. The van der Waals surface area contributed by atoms with Crippen molar-refractivity contribution in [2.75, 3.05) is 39.0 Å². The Balaban J connectivity index is 1.44. The van der Waals surface area contributed by atoms with Crippen molar-refractivity contribution in [2.45, 2.75) is 25.9 Å². The van der Waals surface area contributed by atoms with Crippen LogP contribution in [0.3, 0.4) is 0 Å². The van der Waals surface area contributed by atoms with Crippen LogP contribution >= 0.6 is 0 Å². The van der Waals surface area contributed by atoms with E-state index in [4.69, 9.17) is 28.3 Å². The third-order valence-corrected chi connectivity index (χ3v) is 7.00. The topological polar surface area (TPSA) is 86.5 Å². The average Bonchev–Trinajstić information content (AvgIpc) is 3.74. The molecule has 0 N–H and O–H groups in total. The summed E-state index contributed by atoms with van der Waals surface area (Å²) in [4.78, 5) is 23.0. The molecule has 38 heavy (non-hydrogen) atoms. The zero-order valence-electron chi connectivity index (χ0n) is 21.4. The van der Waals surface area contributed by atoms with E-state index in [-0.39, 0.29) is 12.7 Å². The van der Waals surface area contributed by atoms with E-state index >= 15 is 0 Å². The molecule has 4 heterocycles. The molecule has 0 spiro atoms. The Kier molecular flexibility index (Phi) is 6.41. The molecule has 2 aromatic carbocycles. The molecule has 9 heteroatoms. The van der Waals surface area contributed by atoms with Gasteiger partial charge in [0.25, 0.3) is 5.91 Å². The fourth-order valence-electron chi connectivity index (χ4n) is 5.11. The smallest absolute Gasteiger partial charge is 0.254 e. The quantitative estimate of drug-likeness (QED) is 0.324. The van der Waals surface area contributed by atoms with Crippen molar-refractivity contribution < 1.29 is 28.2 Å². The Hall–Kier alpha value is -4.40. The fourth-order valence-corrected chi connectivity index (χ4v) is 5.11. The molecule has 0 atom stereocenters. The summed E-state index contributed by atoms with van der Waals surface area (Å²) in [5.74, 6) is 3.97. The van der Waals surface area contributed by atoms with Gasteiger partial charge in [-0.25, -0.2) is 4.98 Å². The lowest BCUT2D eigenvalue weighted by Crippen LogP contribution is -2.31. The summed E-state index contributed by atoms with van der Waals surface area (Å²) in [6, 6.07) is 14.8. The SMILES string of the molecule is COc1ccc(OC)c2nc(N3CCCC3)c(CN(Cc3ccco3)C(=O)c3ccc4c(c3)OCO4)cc12. The first-order valence-electron chi connectivity index (χ1n) is 12.7. The minimum atomic E-state index is -0.148. The highest BCUT2D eigenvalue weighted by molar-refractivity contribution is 5.95. The Bertz CT molecular complexity index is 1460. The van der Waals surface area contributed by atoms with Crippen molar-refractivity contribution in [3.8, 4) is 23.0 Å². The molecular weight excluding hydrogens is 486 g/mol. The van der Waals surface area contributed by atoms with Crippen LogP contribution < -0.4 is 23.8 Å². The molecule has 196 valence electrons. The molecular formula is C29H29N3O6. The summed E-state index contributed by atoms with van der Waals surface area (Å²) in [5, 5.41) is 0.832. The number of anilines is 1. The van der Waals surface area contributed by atoms with Gasteiger partial charge >= 0.3 is 0 Å². The Morgan fingerprint density at radius 2 is 1.76 bits per heavy atom. The number of carbonyl (C=O) groups excluding carboxylic acids is 1. The summed E-state index contributed by atoms with van der Waals surface area (Å²) in [7, 11) is 3.28. The molecule has 1 saturated heterocycles. The van der Waals surface area contributed by atoms with Gasteiger partial charge in [-0.2, -0.15) is 0 Å². The molecule has 0 aliphatic carbocycles. The average molecular weight is 516 g/mol. The lowest BCUT2D eigenvalue weighted by molar-refractivity contribution is 0.0717. The highest BCUT2D eigenvalue weighted by Crippen LogP contribution is 2.37. The van der Waals surface area contributed by atoms with Crippen molar-refractivity contribution in [1.29, 1.82) is 0 Å². The van der Waals surface area contributed by atoms with Gasteiger partial charge in [-0.3, -0.25) is 4.79 Å². The highest BCUT2D eigenvalue weighted by Gasteiger charge is 2.26. The zero-order chi connectivity index (χ0) is 26.1. The summed E-state index contributed by atoms with van der Waals surface area (Å²) in [6.07, 6.45) is 3.81. The van der Waals surface area contributed by atoms with E-state index in [1.54, 1.807) is 43.6 Å². The number of pyridine rings is 1. The normalized spacial score (nSPS) is 14.2. The first-order chi connectivity index (χ1) is 18.6. The van der Waals surface area contributed by atoms with Crippen LogP contribution in [0, 0.1) is 0 Å². The van der Waals surface area contributed by atoms with Crippen LogP contribution in [0.2, 0.25) is 0 Å². The first kappa shape index (κ1) is 24.0. The van der Waals surface area contributed by atoms with Crippen LogP contribution in [0.25, 0.3) is 10.9 Å². The second-order valence-corrected chi connectivity index (χ2v) is 9.34. The molecule has 2 aliphatic rings. The first-order valence-corrected chi connectivity index (χ1v) is 12.7. The number of carbonyl (C=O) groups is 1. The number of methoxy groups -OCH3 is 2. The highest BCUT2D eigenvalue weighted by atomic mass is 16.7. The summed E-state index contributed by atoms with van der Waals surface area (Å²) >= 11 is 0. The molecule has 0 saturated carbocycles. The monoisotopic (exact) mass is 515 g/mol. The zero-order valence-corrected chi connectivity index (χ0v) is 21.4. The van der Waals surface area contributed by atoms with Crippen LogP contribution in [-0.4, -0.2) is 49.9 Å². The van der Waals surface area contributed by atoms with Crippen LogP contribution in [0.1, 0.15) is 34.5 Å². The summed E-state index contributed by atoms with van der Waals surface area (Å²) in [6.45, 7) is 2.59. The molecule has 9 nitrogen and oxygen atoms in total. The number of rotatable bonds is 8. The number of nitrogens with zero attached hydrogens (tertiary/aromatic N) is 3. The van der Waals surface area contributed by atoms with Crippen LogP contribution in [0.15, 0.2) is 59.2 Å². The minimum absolute atomic E-state index is 0.148. The van der Waals surface area contributed by atoms with Gasteiger partial charge in [0.1, 0.15) is 28.6 Å². The molecule has 1 amide bonds. The lowest BCUT2D eigenvalue weighted by atomic mass is 10.1. The standard InChI is InChI=1S/C29H29N3O6/c1-34-23-9-10-25(35-2)27-22(23)14-20(28(30-27)31-11-3-4-12-31)16-32(17-21-6-5-13-36-21)29(33)19-7-8-24-26(15-19)38-18-37-24/h5-10,13-15H,3-4,11-12,16-18H2,1-2H3. The molecule has 0 unspecified atom stereocenters. The number of hydrogen-bond acceptors (Lipinski definition) is 8. The predicted octanol–water partition coefficient (Wildman–Crippen LogP) is 5.02. The van der Waals surface area contributed by atoms with Gasteiger partial charge in [0.2, 0.25) is 6.79 Å². The Morgan fingerprint density at radius 1 is 0.974 bits per heavy atom. The summed E-state index contributed by atoms with van der Waals surface area (Å²) in [5.41, 5.74) is 2.17.